The number of aromatic nitrogens is 2. The van der Waals surface area contributed by atoms with Crippen molar-refractivity contribution in [1.82, 2.24) is 19.4 Å². The summed E-state index contributed by atoms with van der Waals surface area (Å²) in [5.74, 6) is -0.817. The second-order valence-electron chi connectivity index (χ2n) is 8.66. The van der Waals surface area contributed by atoms with Crippen LogP contribution in [-0.4, -0.2) is 56.7 Å². The molecule has 2 aromatic rings. The van der Waals surface area contributed by atoms with Crippen LogP contribution in [0.2, 0.25) is 0 Å². The Labute approximate surface area is 179 Å². The zero-order valence-electron chi connectivity index (χ0n) is 17.3. The van der Waals surface area contributed by atoms with Crippen molar-refractivity contribution in [2.45, 2.75) is 38.1 Å². The maximum absolute atomic E-state index is 12.7. The highest BCUT2D eigenvalue weighted by Gasteiger charge is 2.47. The summed E-state index contributed by atoms with van der Waals surface area (Å²) in [5, 5.41) is 0. The summed E-state index contributed by atoms with van der Waals surface area (Å²) in [4.78, 5) is 56.3. The molecule has 1 aromatic heterocycles. The number of aromatic amines is 1. The molecule has 5 rings (SSSR count). The first-order valence-electron chi connectivity index (χ1n) is 11.0. The molecule has 3 aliphatic rings. The van der Waals surface area contributed by atoms with Crippen LogP contribution in [0.15, 0.2) is 41.2 Å². The minimum atomic E-state index is -0.252. The number of allylic oxidation sites excluding steroid dienone is 2. The van der Waals surface area contributed by atoms with Gasteiger partial charge in [0.05, 0.1) is 22.9 Å². The number of nitrogens with one attached hydrogen (secondary N) is 1. The van der Waals surface area contributed by atoms with E-state index in [0.29, 0.717) is 38.8 Å². The highest BCUT2D eigenvalue weighted by molar-refractivity contribution is 6.05. The summed E-state index contributed by atoms with van der Waals surface area (Å²) >= 11 is 0. The van der Waals surface area contributed by atoms with Crippen LogP contribution in [0, 0.1) is 11.8 Å². The molecule has 1 aliphatic carbocycles. The molecule has 162 valence electrons. The minimum absolute atomic E-state index is 0.0432. The van der Waals surface area contributed by atoms with Crippen LogP contribution in [-0.2, 0) is 14.4 Å². The van der Waals surface area contributed by atoms with Crippen LogP contribution in [0.3, 0.4) is 0 Å². The molecule has 3 amide bonds. The van der Waals surface area contributed by atoms with Gasteiger partial charge in [-0.3, -0.25) is 23.9 Å². The summed E-state index contributed by atoms with van der Waals surface area (Å²) in [6.07, 6.45) is 6.70. The summed E-state index contributed by atoms with van der Waals surface area (Å²) < 4.78 is 1.80. The molecule has 0 saturated carbocycles. The van der Waals surface area contributed by atoms with Crippen molar-refractivity contribution >= 4 is 28.8 Å². The molecule has 0 radical (unpaired) electrons. The number of piperidine rings is 1. The number of carbonyl (C=O) groups is 3. The summed E-state index contributed by atoms with van der Waals surface area (Å²) in [6, 6.07) is 7.68. The smallest absolute Gasteiger partial charge is 0.326 e. The first kappa shape index (κ1) is 19.8. The fourth-order valence-corrected chi connectivity index (χ4v) is 5.27. The van der Waals surface area contributed by atoms with E-state index in [1.807, 2.05) is 36.4 Å². The number of hydrogen-bond acceptors (Lipinski definition) is 4. The molecule has 2 saturated heterocycles. The summed E-state index contributed by atoms with van der Waals surface area (Å²) in [7, 11) is 0. The van der Waals surface area contributed by atoms with Crippen molar-refractivity contribution in [3.63, 3.8) is 0 Å². The Kier molecular flexibility index (Phi) is 5.00. The molecule has 1 N–H and O–H groups in total. The average molecular weight is 422 g/mol. The molecule has 2 fully saturated rings. The highest BCUT2D eigenvalue weighted by Crippen LogP contribution is 2.35. The molecular formula is C23H26N4O4. The number of hydrogen-bond donors (Lipinski definition) is 1. The number of imide groups is 1. The van der Waals surface area contributed by atoms with Crippen molar-refractivity contribution in [3.8, 4) is 0 Å². The molecule has 8 heteroatoms. The Bertz CT molecular complexity index is 1100. The third-order valence-corrected chi connectivity index (χ3v) is 6.95. The Morgan fingerprint density at radius 1 is 0.968 bits per heavy atom. The Balaban J connectivity index is 1.18. The SMILES string of the molecule is O=C(CCN1C(=O)[C@H]2CC=CC[C@H]2C1=O)N1CCC(n2c(=O)[nH]c3ccccc32)CC1. The maximum atomic E-state index is 12.7. The van der Waals surface area contributed by atoms with Crippen LogP contribution in [0.25, 0.3) is 11.0 Å². The largest absolute Gasteiger partial charge is 0.342 e. The van der Waals surface area contributed by atoms with Crippen LogP contribution < -0.4 is 5.69 Å². The monoisotopic (exact) mass is 422 g/mol. The van der Waals surface area contributed by atoms with Crippen molar-refractivity contribution in [1.29, 1.82) is 0 Å². The van der Waals surface area contributed by atoms with Gasteiger partial charge in [-0.2, -0.15) is 0 Å². The van der Waals surface area contributed by atoms with Gasteiger partial charge >= 0.3 is 5.69 Å². The normalized spacial score (nSPS) is 24.3. The number of imidazole rings is 1. The lowest BCUT2D eigenvalue weighted by Gasteiger charge is -2.33. The Hall–Kier alpha value is -3.16. The third-order valence-electron chi connectivity index (χ3n) is 6.95. The van der Waals surface area contributed by atoms with Crippen molar-refractivity contribution < 1.29 is 14.4 Å². The molecule has 2 atom stereocenters. The highest BCUT2D eigenvalue weighted by atomic mass is 16.2. The molecule has 0 unspecified atom stereocenters. The van der Waals surface area contributed by atoms with Crippen molar-refractivity contribution in [3.05, 3.63) is 46.9 Å². The van der Waals surface area contributed by atoms with E-state index < -0.39 is 0 Å². The van der Waals surface area contributed by atoms with Gasteiger partial charge in [0.25, 0.3) is 0 Å². The van der Waals surface area contributed by atoms with Gasteiger partial charge in [-0.25, -0.2) is 4.79 Å². The molecular weight excluding hydrogens is 396 g/mol. The maximum Gasteiger partial charge on any atom is 0.326 e. The van der Waals surface area contributed by atoms with E-state index in [-0.39, 0.29) is 54.3 Å². The zero-order chi connectivity index (χ0) is 21.5. The van der Waals surface area contributed by atoms with Gasteiger partial charge in [-0.05, 0) is 37.8 Å². The first-order valence-corrected chi connectivity index (χ1v) is 11.0. The van der Waals surface area contributed by atoms with E-state index in [9.17, 15) is 19.2 Å². The fourth-order valence-electron chi connectivity index (χ4n) is 5.27. The van der Waals surface area contributed by atoms with Crippen molar-refractivity contribution in [2.75, 3.05) is 19.6 Å². The number of likely N-dealkylation sites (tertiary alicyclic amines) is 2. The van der Waals surface area contributed by atoms with Gasteiger partial charge in [0.2, 0.25) is 17.7 Å². The van der Waals surface area contributed by atoms with Gasteiger partial charge in [0, 0.05) is 32.1 Å². The van der Waals surface area contributed by atoms with Crippen LogP contribution in [0.1, 0.15) is 38.1 Å². The number of para-hydroxylation sites is 2. The number of fused-ring (bicyclic) bond motifs is 2. The minimum Gasteiger partial charge on any atom is -0.342 e. The lowest BCUT2D eigenvalue weighted by molar-refractivity contribution is -0.141. The van der Waals surface area contributed by atoms with Gasteiger partial charge in [-0.15, -0.1) is 0 Å². The van der Waals surface area contributed by atoms with Gasteiger partial charge in [0.15, 0.2) is 0 Å². The fraction of sp³-hybridized carbons (Fsp3) is 0.478. The Morgan fingerprint density at radius 2 is 1.61 bits per heavy atom. The summed E-state index contributed by atoms with van der Waals surface area (Å²) in [5.41, 5.74) is 1.59. The Morgan fingerprint density at radius 3 is 2.29 bits per heavy atom. The number of amides is 3. The average Bonchev–Trinajstić information content (AvgIpc) is 3.25. The van der Waals surface area contributed by atoms with Crippen LogP contribution in [0.4, 0.5) is 0 Å². The van der Waals surface area contributed by atoms with E-state index >= 15 is 0 Å². The second kappa shape index (κ2) is 7.83. The lowest BCUT2D eigenvalue weighted by atomic mass is 9.85. The topological polar surface area (TPSA) is 95.5 Å². The zero-order valence-corrected chi connectivity index (χ0v) is 17.3. The van der Waals surface area contributed by atoms with Crippen LogP contribution >= 0.6 is 0 Å². The molecule has 8 nitrogen and oxygen atoms in total. The lowest BCUT2D eigenvalue weighted by Crippen LogP contribution is -2.42. The van der Waals surface area contributed by atoms with E-state index in [4.69, 9.17) is 0 Å². The standard InChI is InChI=1S/C23H26N4O4/c28-20(11-14-26-21(29)16-5-1-2-6-17(16)22(26)30)25-12-9-15(10-13-25)27-19-8-4-3-7-18(19)24-23(27)31/h1-4,7-8,15-17H,5-6,9-14H2,(H,24,31)/t16-,17+. The van der Waals surface area contributed by atoms with Gasteiger partial charge < -0.3 is 9.88 Å². The third kappa shape index (κ3) is 3.40. The molecule has 31 heavy (non-hydrogen) atoms. The van der Waals surface area contributed by atoms with E-state index in [2.05, 4.69) is 4.98 Å². The van der Waals surface area contributed by atoms with Crippen molar-refractivity contribution in [2.24, 2.45) is 11.8 Å². The van der Waals surface area contributed by atoms with E-state index in [1.54, 1.807) is 9.47 Å². The number of benzene rings is 1. The number of rotatable bonds is 4. The molecule has 0 bridgehead atoms. The molecule has 1 aromatic carbocycles. The quantitative estimate of drug-likeness (QED) is 0.601. The second-order valence-corrected chi connectivity index (χ2v) is 8.66. The number of nitrogens with zero attached hydrogens (tertiary/aromatic N) is 3. The van der Waals surface area contributed by atoms with Crippen LogP contribution in [0.5, 0.6) is 0 Å². The molecule has 0 spiro atoms. The van der Waals surface area contributed by atoms with E-state index in [0.717, 1.165) is 11.0 Å². The molecule has 3 heterocycles. The predicted octanol–water partition coefficient (Wildman–Crippen LogP) is 1.83. The number of H-pyrrole nitrogens is 1. The van der Waals surface area contributed by atoms with Gasteiger partial charge in [-0.1, -0.05) is 24.3 Å². The number of carbonyl (C=O) groups excluding carboxylic acids is 3. The van der Waals surface area contributed by atoms with E-state index in [1.165, 1.54) is 4.90 Å². The van der Waals surface area contributed by atoms with Gasteiger partial charge in [0.1, 0.15) is 0 Å². The predicted molar refractivity (Wildman–Crippen MR) is 114 cm³/mol. The summed E-state index contributed by atoms with van der Waals surface area (Å²) in [6.45, 7) is 1.28. The molecule has 2 aliphatic heterocycles. The first-order chi connectivity index (χ1) is 15.0.